The van der Waals surface area contributed by atoms with Crippen molar-refractivity contribution in [3.8, 4) is 0 Å². The van der Waals surface area contributed by atoms with Crippen LogP contribution in [0.4, 0.5) is 0 Å². The van der Waals surface area contributed by atoms with Crippen LogP contribution in [-0.2, 0) is 4.79 Å². The van der Waals surface area contributed by atoms with Crippen LogP contribution in [0, 0.1) is 11.8 Å². The van der Waals surface area contributed by atoms with E-state index in [9.17, 15) is 4.79 Å². The first kappa shape index (κ1) is 7.10. The van der Waals surface area contributed by atoms with Gasteiger partial charge in [-0.1, -0.05) is 0 Å². The summed E-state index contributed by atoms with van der Waals surface area (Å²) in [5.41, 5.74) is 5.17. The summed E-state index contributed by atoms with van der Waals surface area (Å²) in [7, 11) is 0. The standard InChI is InChI=1S/C8H14N2O/c9-4-8(11)10-7-3-6(7)5-1-2-5/h5-7H,1-4,9H2,(H,10,11). The first-order valence-electron chi connectivity index (χ1n) is 4.30. The lowest BCUT2D eigenvalue weighted by Crippen LogP contribution is -2.32. The lowest BCUT2D eigenvalue weighted by atomic mass is 10.3. The number of rotatable bonds is 3. The van der Waals surface area contributed by atoms with Gasteiger partial charge in [-0.05, 0) is 31.1 Å². The van der Waals surface area contributed by atoms with Crippen molar-refractivity contribution in [3.63, 3.8) is 0 Å². The molecule has 0 heterocycles. The molecule has 2 fully saturated rings. The fraction of sp³-hybridized carbons (Fsp3) is 0.875. The van der Waals surface area contributed by atoms with E-state index in [1.54, 1.807) is 0 Å². The molecule has 2 atom stereocenters. The maximum Gasteiger partial charge on any atom is 0.233 e. The van der Waals surface area contributed by atoms with Crippen LogP contribution in [0.25, 0.3) is 0 Å². The minimum Gasteiger partial charge on any atom is -0.352 e. The van der Waals surface area contributed by atoms with Crippen LogP contribution in [0.5, 0.6) is 0 Å². The van der Waals surface area contributed by atoms with E-state index < -0.39 is 0 Å². The molecule has 3 heteroatoms. The molecule has 2 aliphatic carbocycles. The van der Waals surface area contributed by atoms with Gasteiger partial charge in [0.05, 0.1) is 6.54 Å². The van der Waals surface area contributed by atoms with Crippen molar-refractivity contribution in [2.24, 2.45) is 17.6 Å². The Morgan fingerprint density at radius 1 is 1.55 bits per heavy atom. The van der Waals surface area contributed by atoms with Crippen LogP contribution in [-0.4, -0.2) is 18.5 Å². The molecule has 2 rings (SSSR count). The summed E-state index contributed by atoms with van der Waals surface area (Å²) in [5, 5.41) is 2.91. The lowest BCUT2D eigenvalue weighted by Gasteiger charge is -2.00. The van der Waals surface area contributed by atoms with Crippen molar-refractivity contribution in [1.29, 1.82) is 0 Å². The van der Waals surface area contributed by atoms with Gasteiger partial charge in [0.1, 0.15) is 0 Å². The highest BCUT2D eigenvalue weighted by Crippen LogP contribution is 2.49. The van der Waals surface area contributed by atoms with Gasteiger partial charge in [-0.15, -0.1) is 0 Å². The van der Waals surface area contributed by atoms with Gasteiger partial charge in [0.15, 0.2) is 0 Å². The summed E-state index contributed by atoms with van der Waals surface area (Å²) in [5.74, 6) is 1.72. The number of carbonyl (C=O) groups is 1. The van der Waals surface area contributed by atoms with Gasteiger partial charge in [-0.25, -0.2) is 0 Å². The highest BCUT2D eigenvalue weighted by atomic mass is 16.1. The molecule has 0 aromatic rings. The van der Waals surface area contributed by atoms with Crippen molar-refractivity contribution in [1.82, 2.24) is 5.32 Å². The molecule has 0 spiro atoms. The van der Waals surface area contributed by atoms with Crippen LogP contribution < -0.4 is 11.1 Å². The Hall–Kier alpha value is -0.570. The summed E-state index contributed by atoms with van der Waals surface area (Å²) in [4.78, 5) is 10.8. The van der Waals surface area contributed by atoms with E-state index in [4.69, 9.17) is 5.73 Å². The third kappa shape index (κ3) is 1.53. The SMILES string of the molecule is NCC(=O)NC1CC1C1CC1. The number of nitrogens with one attached hydrogen (secondary N) is 1. The lowest BCUT2D eigenvalue weighted by molar-refractivity contribution is -0.119. The molecule has 3 N–H and O–H groups in total. The molecule has 0 bridgehead atoms. The minimum absolute atomic E-state index is 0.00171. The van der Waals surface area contributed by atoms with Gasteiger partial charge in [-0.2, -0.15) is 0 Å². The van der Waals surface area contributed by atoms with Gasteiger partial charge in [-0.3, -0.25) is 4.79 Å². The van der Waals surface area contributed by atoms with E-state index in [0.29, 0.717) is 6.04 Å². The Bertz CT molecular complexity index is 177. The van der Waals surface area contributed by atoms with E-state index in [0.717, 1.165) is 11.8 Å². The Morgan fingerprint density at radius 2 is 2.27 bits per heavy atom. The molecule has 0 radical (unpaired) electrons. The Morgan fingerprint density at radius 3 is 2.82 bits per heavy atom. The van der Waals surface area contributed by atoms with Gasteiger partial charge in [0, 0.05) is 6.04 Å². The topological polar surface area (TPSA) is 55.1 Å². The monoisotopic (exact) mass is 154 g/mol. The first-order chi connectivity index (χ1) is 5.31. The predicted octanol–water partition coefficient (Wildman–Crippen LogP) is -0.140. The molecular formula is C8H14N2O. The van der Waals surface area contributed by atoms with Crippen molar-refractivity contribution in [3.05, 3.63) is 0 Å². The second-order valence-corrected chi connectivity index (χ2v) is 3.62. The maximum atomic E-state index is 10.8. The molecule has 0 aliphatic heterocycles. The van der Waals surface area contributed by atoms with Crippen LogP contribution in [0.15, 0.2) is 0 Å². The van der Waals surface area contributed by atoms with E-state index in [-0.39, 0.29) is 12.5 Å². The van der Waals surface area contributed by atoms with Gasteiger partial charge < -0.3 is 11.1 Å². The van der Waals surface area contributed by atoms with Crippen molar-refractivity contribution < 1.29 is 4.79 Å². The Kier molecular flexibility index (Phi) is 1.60. The average molecular weight is 154 g/mol. The summed E-state index contributed by atoms with van der Waals surface area (Å²) in [6.07, 6.45) is 3.94. The van der Waals surface area contributed by atoms with E-state index in [1.165, 1.54) is 19.3 Å². The fourth-order valence-corrected chi connectivity index (χ4v) is 1.69. The highest BCUT2D eigenvalue weighted by molar-refractivity contribution is 5.78. The third-order valence-electron chi connectivity index (χ3n) is 2.60. The van der Waals surface area contributed by atoms with E-state index in [2.05, 4.69) is 5.32 Å². The first-order valence-corrected chi connectivity index (χ1v) is 4.30. The van der Waals surface area contributed by atoms with Crippen molar-refractivity contribution in [2.45, 2.75) is 25.3 Å². The number of amides is 1. The molecule has 0 saturated heterocycles. The summed E-state index contributed by atoms with van der Waals surface area (Å²) in [6.45, 7) is 0.133. The molecule has 11 heavy (non-hydrogen) atoms. The number of hydrogen-bond donors (Lipinski definition) is 2. The van der Waals surface area contributed by atoms with Gasteiger partial charge in [0.25, 0.3) is 0 Å². The second kappa shape index (κ2) is 2.48. The van der Waals surface area contributed by atoms with Crippen LogP contribution in [0.2, 0.25) is 0 Å². The smallest absolute Gasteiger partial charge is 0.233 e. The molecule has 2 aliphatic rings. The number of nitrogens with two attached hydrogens (primary N) is 1. The third-order valence-corrected chi connectivity index (χ3v) is 2.60. The van der Waals surface area contributed by atoms with Gasteiger partial charge >= 0.3 is 0 Å². The molecule has 2 saturated carbocycles. The summed E-state index contributed by atoms with van der Waals surface area (Å²) in [6, 6.07) is 0.471. The van der Waals surface area contributed by atoms with Gasteiger partial charge in [0.2, 0.25) is 5.91 Å². The largest absolute Gasteiger partial charge is 0.352 e. The average Bonchev–Trinajstić information content (AvgIpc) is 2.79. The molecule has 1 amide bonds. The quantitative estimate of drug-likeness (QED) is 0.594. The molecule has 0 aromatic carbocycles. The van der Waals surface area contributed by atoms with E-state index in [1.807, 2.05) is 0 Å². The molecule has 3 nitrogen and oxygen atoms in total. The zero-order valence-corrected chi connectivity index (χ0v) is 6.55. The van der Waals surface area contributed by atoms with Crippen molar-refractivity contribution in [2.75, 3.05) is 6.54 Å². The molecule has 2 unspecified atom stereocenters. The maximum absolute atomic E-state index is 10.8. The molecular weight excluding hydrogens is 140 g/mol. The van der Waals surface area contributed by atoms with Crippen LogP contribution in [0.1, 0.15) is 19.3 Å². The minimum atomic E-state index is -0.00171. The van der Waals surface area contributed by atoms with Crippen LogP contribution in [0.3, 0.4) is 0 Å². The zero-order chi connectivity index (χ0) is 7.84. The second-order valence-electron chi connectivity index (χ2n) is 3.62. The molecule has 0 aromatic heterocycles. The Labute approximate surface area is 66.3 Å². The Balaban J connectivity index is 1.70. The number of hydrogen-bond acceptors (Lipinski definition) is 2. The van der Waals surface area contributed by atoms with Crippen molar-refractivity contribution >= 4 is 5.91 Å². The zero-order valence-electron chi connectivity index (χ0n) is 6.55. The van der Waals surface area contributed by atoms with E-state index >= 15 is 0 Å². The number of carbonyl (C=O) groups excluding carboxylic acids is 1. The fourth-order valence-electron chi connectivity index (χ4n) is 1.69. The predicted molar refractivity (Wildman–Crippen MR) is 41.8 cm³/mol. The highest BCUT2D eigenvalue weighted by Gasteiger charge is 2.47. The summed E-state index contributed by atoms with van der Waals surface area (Å²) >= 11 is 0. The van der Waals surface area contributed by atoms with Crippen LogP contribution >= 0.6 is 0 Å². The molecule has 62 valence electrons. The summed E-state index contributed by atoms with van der Waals surface area (Å²) < 4.78 is 0. The normalized spacial score (nSPS) is 35.0.